The summed E-state index contributed by atoms with van der Waals surface area (Å²) in [6.45, 7) is 4.24. The third-order valence-corrected chi connectivity index (χ3v) is 3.25. The first-order valence-corrected chi connectivity index (χ1v) is 7.10. The molecule has 0 amide bonds. The Morgan fingerprint density at radius 2 is 2.14 bits per heavy atom. The summed E-state index contributed by atoms with van der Waals surface area (Å²) in [4.78, 5) is 4.37. The Morgan fingerprint density at radius 1 is 1.24 bits per heavy atom. The van der Waals surface area contributed by atoms with Crippen molar-refractivity contribution in [3.63, 3.8) is 0 Å². The maximum absolute atomic E-state index is 5.85. The highest BCUT2D eigenvalue weighted by Gasteiger charge is 2.06. The molecule has 0 unspecified atom stereocenters. The van der Waals surface area contributed by atoms with Crippen molar-refractivity contribution in [3.05, 3.63) is 60.2 Å². The monoisotopic (exact) mass is 282 g/mol. The molecule has 0 bridgehead atoms. The number of aromatic nitrogens is 1. The summed E-state index contributed by atoms with van der Waals surface area (Å²) in [5.74, 6) is 1.59. The van der Waals surface area contributed by atoms with Crippen LogP contribution in [0.3, 0.4) is 0 Å². The molecule has 0 aliphatic carbocycles. The number of hydrogen-bond acceptors (Lipinski definition) is 4. The van der Waals surface area contributed by atoms with Crippen molar-refractivity contribution in [1.82, 2.24) is 10.3 Å². The highest BCUT2D eigenvalue weighted by molar-refractivity contribution is 5.84. The van der Waals surface area contributed by atoms with Crippen LogP contribution in [-0.2, 0) is 13.2 Å². The average molecular weight is 282 g/mol. The molecule has 1 aromatic carbocycles. The summed E-state index contributed by atoms with van der Waals surface area (Å²) in [5, 5.41) is 4.34. The van der Waals surface area contributed by atoms with Crippen LogP contribution in [0.15, 0.2) is 53.3 Å². The van der Waals surface area contributed by atoms with Gasteiger partial charge in [0.15, 0.2) is 0 Å². The van der Waals surface area contributed by atoms with Gasteiger partial charge in [0.25, 0.3) is 0 Å². The Labute approximate surface area is 123 Å². The van der Waals surface area contributed by atoms with Crippen LogP contribution in [-0.4, -0.2) is 11.5 Å². The van der Waals surface area contributed by atoms with Gasteiger partial charge in [-0.2, -0.15) is 0 Å². The third-order valence-electron chi connectivity index (χ3n) is 3.25. The maximum Gasteiger partial charge on any atom is 0.146 e. The zero-order valence-corrected chi connectivity index (χ0v) is 12.0. The Morgan fingerprint density at radius 3 is 3.05 bits per heavy atom. The Hall–Kier alpha value is -2.33. The van der Waals surface area contributed by atoms with Crippen molar-refractivity contribution >= 4 is 10.9 Å². The van der Waals surface area contributed by atoms with E-state index in [1.54, 1.807) is 12.5 Å². The van der Waals surface area contributed by atoms with E-state index in [2.05, 4.69) is 17.2 Å². The van der Waals surface area contributed by atoms with E-state index in [-0.39, 0.29) is 0 Å². The van der Waals surface area contributed by atoms with Crippen molar-refractivity contribution in [2.45, 2.75) is 20.1 Å². The lowest BCUT2D eigenvalue weighted by atomic mass is 10.2. The molecular formula is C17H18N2O2. The lowest BCUT2D eigenvalue weighted by Crippen LogP contribution is -2.10. The number of fused-ring (bicyclic) bond motifs is 1. The molecule has 4 nitrogen and oxygen atoms in total. The van der Waals surface area contributed by atoms with Crippen LogP contribution in [0.5, 0.6) is 5.75 Å². The number of furan rings is 1. The molecule has 0 radical (unpaired) electrons. The van der Waals surface area contributed by atoms with Crippen molar-refractivity contribution in [2.75, 3.05) is 6.54 Å². The van der Waals surface area contributed by atoms with Crippen molar-refractivity contribution in [3.8, 4) is 5.75 Å². The summed E-state index contributed by atoms with van der Waals surface area (Å²) < 4.78 is 11.4. The number of nitrogens with one attached hydrogen (secondary N) is 1. The largest absolute Gasteiger partial charge is 0.483 e. The van der Waals surface area contributed by atoms with Gasteiger partial charge in [0.1, 0.15) is 23.6 Å². The van der Waals surface area contributed by atoms with Gasteiger partial charge in [0.05, 0.1) is 6.26 Å². The zero-order chi connectivity index (χ0) is 14.5. The molecule has 3 aromatic rings. The summed E-state index contributed by atoms with van der Waals surface area (Å²) in [7, 11) is 0. The van der Waals surface area contributed by atoms with E-state index >= 15 is 0 Å². The third kappa shape index (κ3) is 3.23. The van der Waals surface area contributed by atoms with E-state index in [4.69, 9.17) is 9.15 Å². The maximum atomic E-state index is 5.85. The Bertz CT molecular complexity index is 716. The number of hydrogen-bond donors (Lipinski definition) is 1. The normalized spacial score (nSPS) is 10.9. The van der Waals surface area contributed by atoms with Crippen LogP contribution < -0.4 is 10.1 Å². The molecule has 3 rings (SSSR count). The first kappa shape index (κ1) is 13.6. The lowest BCUT2D eigenvalue weighted by molar-refractivity contribution is 0.273. The van der Waals surface area contributed by atoms with Crippen molar-refractivity contribution in [2.24, 2.45) is 0 Å². The van der Waals surface area contributed by atoms with Gasteiger partial charge in [0, 0.05) is 23.7 Å². The summed E-state index contributed by atoms with van der Waals surface area (Å²) in [6.07, 6.45) is 3.54. The predicted octanol–water partition coefficient (Wildman–Crippen LogP) is 3.52. The topological polar surface area (TPSA) is 47.3 Å². The number of nitrogens with zero attached hydrogens (tertiary/aromatic N) is 1. The van der Waals surface area contributed by atoms with Gasteiger partial charge in [0.2, 0.25) is 0 Å². The lowest BCUT2D eigenvalue weighted by Gasteiger charge is -2.06. The Balaban J connectivity index is 1.70. The number of benzene rings is 1. The van der Waals surface area contributed by atoms with Crippen LogP contribution in [0.1, 0.15) is 18.2 Å². The van der Waals surface area contributed by atoms with Crippen LogP contribution in [0.25, 0.3) is 10.9 Å². The molecule has 2 heterocycles. The predicted molar refractivity (Wildman–Crippen MR) is 82.2 cm³/mol. The first-order valence-electron chi connectivity index (χ1n) is 7.10. The molecular weight excluding hydrogens is 264 g/mol. The highest BCUT2D eigenvalue weighted by atomic mass is 16.5. The van der Waals surface area contributed by atoms with Crippen LogP contribution in [0.2, 0.25) is 0 Å². The fourth-order valence-electron chi connectivity index (χ4n) is 2.21. The number of pyridine rings is 1. The number of ether oxygens (including phenoxy) is 1. The molecule has 108 valence electrons. The molecule has 0 fully saturated rings. The Kier molecular flexibility index (Phi) is 4.17. The molecule has 4 heteroatoms. The molecule has 0 spiro atoms. The minimum Gasteiger partial charge on any atom is -0.483 e. The molecule has 2 aromatic heterocycles. The molecule has 0 aliphatic heterocycles. The number of rotatable bonds is 6. The summed E-state index contributed by atoms with van der Waals surface area (Å²) in [5.41, 5.74) is 2.01. The highest BCUT2D eigenvalue weighted by Crippen LogP contribution is 2.24. The minimum absolute atomic E-state index is 0.405. The standard InChI is InChI=1S/C17H18N2O2/c1-2-18-10-13-9-15(20-11-13)12-21-16-7-3-5-14-6-4-8-19-17(14)16/h3-9,11,18H,2,10,12H2,1H3. The van der Waals surface area contributed by atoms with E-state index < -0.39 is 0 Å². The van der Waals surface area contributed by atoms with Crippen molar-refractivity contribution < 1.29 is 9.15 Å². The van der Waals surface area contributed by atoms with E-state index in [1.165, 1.54) is 0 Å². The fraction of sp³-hybridized carbons (Fsp3) is 0.235. The number of para-hydroxylation sites is 1. The van der Waals surface area contributed by atoms with Gasteiger partial charge < -0.3 is 14.5 Å². The SMILES string of the molecule is CCNCc1coc(COc2cccc3cccnc23)c1. The molecule has 0 saturated carbocycles. The minimum atomic E-state index is 0.405. The summed E-state index contributed by atoms with van der Waals surface area (Å²) in [6, 6.07) is 11.9. The van der Waals surface area contributed by atoms with E-state index in [0.717, 1.165) is 41.1 Å². The second kappa shape index (κ2) is 6.41. The second-order valence-corrected chi connectivity index (χ2v) is 4.82. The van der Waals surface area contributed by atoms with Gasteiger partial charge >= 0.3 is 0 Å². The first-order chi connectivity index (χ1) is 10.4. The second-order valence-electron chi connectivity index (χ2n) is 4.82. The molecule has 0 atom stereocenters. The molecule has 21 heavy (non-hydrogen) atoms. The van der Waals surface area contributed by atoms with E-state index in [1.807, 2.05) is 36.4 Å². The van der Waals surface area contributed by atoms with E-state index in [9.17, 15) is 0 Å². The van der Waals surface area contributed by atoms with Crippen LogP contribution in [0.4, 0.5) is 0 Å². The molecule has 1 N–H and O–H groups in total. The van der Waals surface area contributed by atoms with E-state index in [0.29, 0.717) is 6.61 Å². The van der Waals surface area contributed by atoms with Crippen LogP contribution >= 0.6 is 0 Å². The van der Waals surface area contributed by atoms with Gasteiger partial charge in [-0.3, -0.25) is 4.98 Å². The van der Waals surface area contributed by atoms with Gasteiger partial charge in [-0.25, -0.2) is 0 Å². The summed E-state index contributed by atoms with van der Waals surface area (Å²) >= 11 is 0. The molecule has 0 aliphatic rings. The van der Waals surface area contributed by atoms with Crippen LogP contribution in [0, 0.1) is 0 Å². The smallest absolute Gasteiger partial charge is 0.146 e. The van der Waals surface area contributed by atoms with Gasteiger partial charge in [-0.05, 0) is 24.7 Å². The van der Waals surface area contributed by atoms with Crippen molar-refractivity contribution in [1.29, 1.82) is 0 Å². The van der Waals surface area contributed by atoms with Gasteiger partial charge in [-0.1, -0.05) is 25.1 Å². The molecule has 0 saturated heterocycles. The quantitative estimate of drug-likeness (QED) is 0.751. The van der Waals surface area contributed by atoms with Gasteiger partial charge in [-0.15, -0.1) is 0 Å². The zero-order valence-electron chi connectivity index (χ0n) is 12.0. The average Bonchev–Trinajstić information content (AvgIpc) is 2.99. The fourth-order valence-corrected chi connectivity index (χ4v) is 2.21.